The molecule has 0 aliphatic rings. The Morgan fingerprint density at radius 2 is 0.494 bits per heavy atom. The van der Waals surface area contributed by atoms with Crippen molar-refractivity contribution in [2.45, 2.75) is 87.0 Å². The van der Waals surface area contributed by atoms with Crippen LogP contribution in [-0.2, 0) is 60.2 Å². The summed E-state index contributed by atoms with van der Waals surface area (Å²) in [6, 6.07) is 83.4. The molecule has 5 heteroatoms. The second-order valence-electron chi connectivity index (χ2n) is 21.0. The number of hydrogen-bond donors (Lipinski definition) is 0. The van der Waals surface area contributed by atoms with E-state index in [-0.39, 0.29) is 58.9 Å². The van der Waals surface area contributed by atoms with Crippen molar-refractivity contribution in [1.82, 2.24) is 0 Å². The van der Waals surface area contributed by atoms with E-state index in [1.807, 2.05) is 0 Å². The molecule has 0 unspecified atom stereocenters. The maximum atomic E-state index is 2.59. The molecule has 0 spiro atoms. The largest absolute Gasteiger partial charge is 4.00 e. The molecule has 10 aromatic rings. The average Bonchev–Trinajstić information content (AvgIpc) is 3.79. The topological polar surface area (TPSA) is 0 Å². The fourth-order valence-electron chi connectivity index (χ4n) is 12.5. The smallest absolute Gasteiger partial charge is 1.00 e. The standard InChI is InChI=1S/C72H69Si.3ClH.Ti/c1-50-38-63(44-57-26-14-8-15-27-57)70(64(39-50)45-58-28-16-9-17-29-58)73(69-55(6)53(4)54(5)56(69)7,71-65(46-59-30-18-10-19-31-59)40-51(2)41-66(71)47-60-32-20-11-21-33-60)72-67(48-61-34-22-12-23-35-61)42-52(3)43-68(72)49-62-36-24-13-25-37-62;;;;/h8-43H,44-49H2,1-7H3;3*1H;/q-1;;;;+4/p-3. The van der Waals surface area contributed by atoms with Crippen molar-refractivity contribution in [3.8, 4) is 0 Å². The molecule has 10 rings (SSSR count). The molecule has 0 heterocycles. The van der Waals surface area contributed by atoms with Crippen LogP contribution in [0.15, 0.2) is 218 Å². The van der Waals surface area contributed by atoms with Gasteiger partial charge in [-0.3, -0.25) is 0 Å². The first-order valence-corrected chi connectivity index (χ1v) is 28.4. The molecule has 0 saturated heterocycles. The Hall–Kier alpha value is -5.87. The van der Waals surface area contributed by atoms with Crippen molar-refractivity contribution in [2.75, 3.05) is 0 Å². The van der Waals surface area contributed by atoms with Gasteiger partial charge in [0.25, 0.3) is 0 Å². The molecule has 0 saturated carbocycles. The summed E-state index contributed by atoms with van der Waals surface area (Å²) in [5.74, 6) is 0. The zero-order valence-corrected chi connectivity index (χ0v) is 50.5. The third-order valence-electron chi connectivity index (χ3n) is 15.7. The number of benzene rings is 9. The van der Waals surface area contributed by atoms with E-state index in [4.69, 9.17) is 0 Å². The summed E-state index contributed by atoms with van der Waals surface area (Å²) in [5, 5.41) is 6.24. The zero-order chi connectivity index (χ0) is 50.5. The van der Waals surface area contributed by atoms with Crippen LogP contribution in [0.1, 0.15) is 106 Å². The molecule has 0 aliphatic heterocycles. The van der Waals surface area contributed by atoms with E-state index in [1.54, 1.807) is 20.7 Å². The van der Waals surface area contributed by atoms with E-state index in [0.717, 1.165) is 38.5 Å². The van der Waals surface area contributed by atoms with Gasteiger partial charge in [0.05, 0.1) is 0 Å². The molecule has 0 radical (unpaired) electrons. The van der Waals surface area contributed by atoms with Crippen molar-refractivity contribution in [3.63, 3.8) is 0 Å². The van der Waals surface area contributed by atoms with E-state index in [9.17, 15) is 0 Å². The Kier molecular flexibility index (Phi) is 21.3. The molecule has 0 amide bonds. The molecule has 0 aliphatic carbocycles. The molecular formula is C72H69Cl3SiTi. The molecule has 0 nitrogen and oxygen atoms in total. The van der Waals surface area contributed by atoms with E-state index in [0.29, 0.717) is 0 Å². The first-order chi connectivity index (χ1) is 35.6. The van der Waals surface area contributed by atoms with Crippen molar-refractivity contribution < 1.29 is 58.9 Å². The van der Waals surface area contributed by atoms with Crippen LogP contribution in [0.25, 0.3) is 0 Å². The maximum absolute atomic E-state index is 3.66. The SMILES string of the molecule is Cc1cc(Cc2ccccc2)c([Si](c2c(Cc3ccccc3)cc(C)cc2Cc2ccccc2)(c2c(Cc3ccccc3)cc(C)cc2Cc2ccccc2)c2c(C)c(C)c(C)[c-]2C)c(Cc2ccccc2)c1.[Cl-].[Cl-].[Cl-].[Ti+4]. The summed E-state index contributed by atoms with van der Waals surface area (Å²) in [5.41, 5.74) is 26.3. The first-order valence-electron chi connectivity index (χ1n) is 26.4. The maximum Gasteiger partial charge on any atom is 4.00 e. The van der Waals surface area contributed by atoms with Crippen LogP contribution in [0.2, 0.25) is 0 Å². The summed E-state index contributed by atoms with van der Waals surface area (Å²) >= 11 is 0. The average molecular weight is 1120 g/mol. The molecule has 386 valence electrons. The van der Waals surface area contributed by atoms with Crippen LogP contribution < -0.4 is 58.0 Å². The minimum Gasteiger partial charge on any atom is -1.00 e. The molecule has 10 aromatic carbocycles. The van der Waals surface area contributed by atoms with Crippen LogP contribution in [-0.4, -0.2) is 8.07 Å². The minimum absolute atomic E-state index is 0. The summed E-state index contributed by atoms with van der Waals surface area (Å²) in [7, 11) is -3.66. The monoisotopic (exact) mass is 1110 g/mol. The second kappa shape index (κ2) is 27.1. The van der Waals surface area contributed by atoms with Gasteiger partial charge in [-0.15, -0.1) is 0 Å². The van der Waals surface area contributed by atoms with Crippen LogP contribution in [0.5, 0.6) is 0 Å². The molecule has 0 fully saturated rings. The van der Waals surface area contributed by atoms with Gasteiger partial charge in [-0.05, 0) is 142 Å². The van der Waals surface area contributed by atoms with E-state index in [2.05, 4.69) is 267 Å². The summed E-state index contributed by atoms with van der Waals surface area (Å²) in [4.78, 5) is 0. The summed E-state index contributed by atoms with van der Waals surface area (Å²) in [6.07, 6.45) is 4.96. The van der Waals surface area contributed by atoms with Gasteiger partial charge in [-0.25, -0.2) is 0 Å². The minimum atomic E-state index is -3.66. The predicted molar refractivity (Wildman–Crippen MR) is 314 cm³/mol. The molecule has 0 atom stereocenters. The summed E-state index contributed by atoms with van der Waals surface area (Å²) in [6.45, 7) is 16.8. The molecule has 0 N–H and O–H groups in total. The molecule has 77 heavy (non-hydrogen) atoms. The number of rotatable bonds is 16. The number of hydrogen-bond acceptors (Lipinski definition) is 0. The van der Waals surface area contributed by atoms with E-state index < -0.39 is 8.07 Å². The van der Waals surface area contributed by atoms with Crippen LogP contribution in [0.4, 0.5) is 0 Å². The molecular weight excluding hydrogens is 1050 g/mol. The van der Waals surface area contributed by atoms with Crippen LogP contribution >= 0.6 is 0 Å². The van der Waals surface area contributed by atoms with Gasteiger partial charge in [-0.2, -0.15) is 27.4 Å². The Bertz CT molecular complexity index is 2960. The van der Waals surface area contributed by atoms with Gasteiger partial charge in [0.15, 0.2) is 8.07 Å². The first kappa shape index (κ1) is 60.4. The zero-order valence-electron chi connectivity index (χ0n) is 45.7. The van der Waals surface area contributed by atoms with Gasteiger partial charge in [0.2, 0.25) is 0 Å². The van der Waals surface area contributed by atoms with Crippen molar-refractivity contribution in [3.05, 3.63) is 324 Å². The molecule has 0 bridgehead atoms. The van der Waals surface area contributed by atoms with Crippen LogP contribution in [0.3, 0.4) is 0 Å². The van der Waals surface area contributed by atoms with Gasteiger partial charge in [0.1, 0.15) is 0 Å². The van der Waals surface area contributed by atoms with Gasteiger partial charge < -0.3 is 37.2 Å². The Labute approximate surface area is 495 Å². The van der Waals surface area contributed by atoms with Crippen molar-refractivity contribution in [1.29, 1.82) is 0 Å². The fourth-order valence-corrected chi connectivity index (χ4v) is 19.4. The molecule has 0 aromatic heterocycles. The number of aryl methyl sites for hydroxylation is 3. The van der Waals surface area contributed by atoms with Crippen LogP contribution in [0, 0.1) is 48.5 Å². The van der Waals surface area contributed by atoms with E-state index >= 15 is 0 Å². The third-order valence-corrected chi connectivity index (χ3v) is 21.4. The Morgan fingerprint density at radius 1 is 0.299 bits per heavy atom. The van der Waals surface area contributed by atoms with E-state index in [1.165, 1.54) is 106 Å². The van der Waals surface area contributed by atoms with Crippen molar-refractivity contribution in [2.24, 2.45) is 0 Å². The number of halogens is 3. The van der Waals surface area contributed by atoms with Gasteiger partial charge >= 0.3 is 21.7 Å². The van der Waals surface area contributed by atoms with Gasteiger partial charge in [0, 0.05) is 0 Å². The predicted octanol–water partition coefficient (Wildman–Crippen LogP) is 5.50. The summed E-state index contributed by atoms with van der Waals surface area (Å²) < 4.78 is 0. The normalized spacial score (nSPS) is 10.9. The third kappa shape index (κ3) is 13.0. The van der Waals surface area contributed by atoms with Gasteiger partial charge in [-0.1, -0.05) is 263 Å². The quantitative estimate of drug-likeness (QED) is 0.0683. The Morgan fingerprint density at radius 3 is 0.662 bits per heavy atom. The Balaban J connectivity index is 0.00000240. The van der Waals surface area contributed by atoms with Crippen molar-refractivity contribution >= 4 is 28.8 Å². The fraction of sp³-hybridized carbons (Fsp3) is 0.181. The second-order valence-corrected chi connectivity index (χ2v) is 24.5.